The molecular weight excluding hydrogens is 380 g/mol. The van der Waals surface area contributed by atoms with Gasteiger partial charge in [-0.1, -0.05) is 6.08 Å². The molecule has 0 unspecified atom stereocenters. The van der Waals surface area contributed by atoms with Crippen LogP contribution in [0.3, 0.4) is 0 Å². The van der Waals surface area contributed by atoms with Crippen molar-refractivity contribution in [2.75, 3.05) is 31.3 Å². The average Bonchev–Trinajstić information content (AvgIpc) is 2.74. The lowest BCUT2D eigenvalue weighted by Gasteiger charge is -2.18. The molecule has 0 saturated carbocycles. The Hall–Kier alpha value is -3.94. The van der Waals surface area contributed by atoms with Crippen LogP contribution in [0, 0.1) is 0 Å². The fourth-order valence-corrected chi connectivity index (χ4v) is 2.80. The number of hydrogen-bond acceptors (Lipinski definition) is 7. The molecule has 0 bridgehead atoms. The highest BCUT2D eigenvalue weighted by Gasteiger charge is 2.06. The van der Waals surface area contributed by atoms with Gasteiger partial charge < -0.3 is 15.4 Å². The molecule has 2 heterocycles. The highest BCUT2D eigenvalue weighted by atomic mass is 16.5. The highest BCUT2D eigenvalue weighted by Crippen LogP contribution is 2.19. The zero-order valence-electron chi connectivity index (χ0n) is 17.2. The number of ether oxygens (including phenoxy) is 1. The van der Waals surface area contributed by atoms with Crippen molar-refractivity contribution in [1.82, 2.24) is 15.0 Å². The SMILES string of the molecule is C/C=C(\C=C/CN(C)c1ccc(N)c(C=NC)c1)Oc1nc2cnccc2c(=O)[nH]1. The standard InChI is InChI=1S/C22H24N6O2/c1-4-17(30-22-26-20-14-25-10-9-18(20)21(29)27-22)6-5-11-28(3)16-7-8-19(23)15(12-16)13-24-2/h4-10,12-14H,11,23H2,1-3H3,(H,26,27,29)/b6-5-,17-4+,24-13?. The van der Waals surface area contributed by atoms with Gasteiger partial charge in [-0.2, -0.15) is 4.98 Å². The van der Waals surface area contributed by atoms with Gasteiger partial charge in [0.15, 0.2) is 0 Å². The number of hydrogen-bond donors (Lipinski definition) is 2. The Labute approximate surface area is 174 Å². The Balaban J connectivity index is 1.69. The molecule has 1 aromatic carbocycles. The van der Waals surface area contributed by atoms with Crippen molar-refractivity contribution in [3.8, 4) is 6.01 Å². The molecule has 0 radical (unpaired) electrons. The van der Waals surface area contributed by atoms with E-state index in [1.165, 1.54) is 6.20 Å². The van der Waals surface area contributed by atoms with E-state index in [0.29, 0.717) is 28.9 Å². The Morgan fingerprint density at radius 3 is 2.97 bits per heavy atom. The van der Waals surface area contributed by atoms with Gasteiger partial charge in [0, 0.05) is 50.0 Å². The number of pyridine rings is 1. The zero-order chi connectivity index (χ0) is 21.5. The summed E-state index contributed by atoms with van der Waals surface area (Å²) in [6.07, 6.45) is 10.4. The number of H-pyrrole nitrogens is 1. The number of nitrogen functional groups attached to an aromatic ring is 1. The summed E-state index contributed by atoms with van der Waals surface area (Å²) in [5.74, 6) is 0.561. The normalized spacial score (nSPS) is 12.2. The Morgan fingerprint density at radius 2 is 2.20 bits per heavy atom. The summed E-state index contributed by atoms with van der Waals surface area (Å²) < 4.78 is 5.73. The fraction of sp³-hybridized carbons (Fsp3) is 0.182. The van der Waals surface area contributed by atoms with E-state index in [1.54, 1.807) is 31.6 Å². The topological polar surface area (TPSA) is 109 Å². The monoisotopic (exact) mass is 404 g/mol. The third-order valence-electron chi connectivity index (χ3n) is 4.43. The molecule has 2 aromatic heterocycles. The molecule has 0 aliphatic carbocycles. The van der Waals surface area contributed by atoms with Gasteiger partial charge in [0.2, 0.25) is 0 Å². The van der Waals surface area contributed by atoms with Gasteiger partial charge in [-0.05, 0) is 43.3 Å². The smallest absolute Gasteiger partial charge is 0.302 e. The second kappa shape index (κ2) is 9.51. The number of likely N-dealkylation sites (N-methyl/N-ethyl adjacent to an activating group) is 1. The lowest BCUT2D eigenvalue weighted by molar-refractivity contribution is 0.407. The van der Waals surface area contributed by atoms with Crippen LogP contribution in [-0.4, -0.2) is 41.8 Å². The number of rotatable bonds is 7. The maximum Gasteiger partial charge on any atom is 0.302 e. The number of aliphatic imine (C=N–C) groups is 1. The van der Waals surface area contributed by atoms with Gasteiger partial charge >= 0.3 is 6.01 Å². The number of nitrogens with zero attached hydrogens (tertiary/aromatic N) is 4. The number of fused-ring (bicyclic) bond motifs is 1. The van der Waals surface area contributed by atoms with Crippen molar-refractivity contribution in [2.24, 2.45) is 4.99 Å². The van der Waals surface area contributed by atoms with Crippen LogP contribution in [0.5, 0.6) is 6.01 Å². The second-order valence-corrected chi connectivity index (χ2v) is 6.54. The number of nitrogens with one attached hydrogen (secondary N) is 1. The molecule has 8 heteroatoms. The summed E-state index contributed by atoms with van der Waals surface area (Å²) in [6, 6.07) is 7.55. The lowest BCUT2D eigenvalue weighted by atomic mass is 10.1. The number of anilines is 2. The van der Waals surface area contributed by atoms with Crippen LogP contribution >= 0.6 is 0 Å². The van der Waals surface area contributed by atoms with E-state index in [0.717, 1.165) is 11.3 Å². The number of aromatic amines is 1. The average molecular weight is 404 g/mol. The van der Waals surface area contributed by atoms with Crippen molar-refractivity contribution in [2.45, 2.75) is 6.92 Å². The van der Waals surface area contributed by atoms with E-state index < -0.39 is 0 Å². The number of aromatic nitrogens is 3. The van der Waals surface area contributed by atoms with Gasteiger partial charge in [0.1, 0.15) is 5.76 Å². The molecule has 8 nitrogen and oxygen atoms in total. The molecule has 30 heavy (non-hydrogen) atoms. The molecule has 3 rings (SSSR count). The van der Waals surface area contributed by atoms with Gasteiger partial charge in [0.25, 0.3) is 5.56 Å². The molecule has 3 N–H and O–H groups in total. The van der Waals surface area contributed by atoms with Crippen LogP contribution in [0.15, 0.2) is 70.4 Å². The molecular formula is C22H24N6O2. The summed E-state index contributed by atoms with van der Waals surface area (Å²) in [6.45, 7) is 2.49. The molecule has 0 saturated heterocycles. The van der Waals surface area contributed by atoms with E-state index in [9.17, 15) is 4.79 Å². The summed E-state index contributed by atoms with van der Waals surface area (Å²) in [4.78, 5) is 29.2. The highest BCUT2D eigenvalue weighted by molar-refractivity contribution is 5.88. The quantitative estimate of drug-likeness (QED) is 0.271. The van der Waals surface area contributed by atoms with Crippen LogP contribution in [0.1, 0.15) is 12.5 Å². The van der Waals surface area contributed by atoms with Crippen molar-refractivity contribution < 1.29 is 4.74 Å². The summed E-state index contributed by atoms with van der Waals surface area (Å²) in [7, 11) is 3.69. The first-order valence-corrected chi connectivity index (χ1v) is 9.39. The van der Waals surface area contributed by atoms with Gasteiger partial charge in [-0.25, -0.2) is 0 Å². The zero-order valence-corrected chi connectivity index (χ0v) is 17.2. The molecule has 0 aliphatic heterocycles. The Kier molecular flexibility index (Phi) is 6.59. The maximum absolute atomic E-state index is 12.2. The maximum atomic E-state index is 12.2. The molecule has 0 fully saturated rings. The van der Waals surface area contributed by atoms with Crippen molar-refractivity contribution >= 4 is 28.5 Å². The first-order chi connectivity index (χ1) is 14.5. The van der Waals surface area contributed by atoms with Crippen LogP contribution in [-0.2, 0) is 0 Å². The van der Waals surface area contributed by atoms with E-state index in [4.69, 9.17) is 10.5 Å². The van der Waals surface area contributed by atoms with Crippen molar-refractivity contribution in [3.05, 3.63) is 76.6 Å². The van der Waals surface area contributed by atoms with Crippen LogP contribution < -0.4 is 20.9 Å². The minimum Gasteiger partial charge on any atom is -0.426 e. The predicted octanol–water partition coefficient (Wildman–Crippen LogP) is 2.92. The van der Waals surface area contributed by atoms with Gasteiger partial charge in [-0.15, -0.1) is 0 Å². The second-order valence-electron chi connectivity index (χ2n) is 6.54. The van der Waals surface area contributed by atoms with Crippen molar-refractivity contribution in [1.29, 1.82) is 0 Å². The first-order valence-electron chi connectivity index (χ1n) is 9.39. The fourth-order valence-electron chi connectivity index (χ4n) is 2.80. The van der Waals surface area contributed by atoms with E-state index >= 15 is 0 Å². The first kappa shape index (κ1) is 20.8. The molecule has 3 aromatic rings. The van der Waals surface area contributed by atoms with E-state index in [1.807, 2.05) is 44.3 Å². The Bertz CT molecular complexity index is 1180. The molecule has 0 aliphatic rings. The minimum atomic E-state index is -0.272. The van der Waals surface area contributed by atoms with Crippen LogP contribution in [0.2, 0.25) is 0 Å². The lowest BCUT2D eigenvalue weighted by Crippen LogP contribution is -2.17. The number of benzene rings is 1. The third kappa shape index (κ3) is 4.91. The summed E-state index contributed by atoms with van der Waals surface area (Å²) >= 11 is 0. The third-order valence-corrected chi connectivity index (χ3v) is 4.43. The van der Waals surface area contributed by atoms with Crippen LogP contribution in [0.25, 0.3) is 10.9 Å². The minimum absolute atomic E-state index is 0.119. The van der Waals surface area contributed by atoms with Gasteiger partial charge in [-0.3, -0.25) is 19.8 Å². The number of allylic oxidation sites excluding steroid dienone is 2. The van der Waals surface area contributed by atoms with E-state index in [-0.39, 0.29) is 11.6 Å². The van der Waals surface area contributed by atoms with Crippen molar-refractivity contribution in [3.63, 3.8) is 0 Å². The molecule has 154 valence electrons. The molecule has 0 atom stereocenters. The number of nitrogens with two attached hydrogens (primary N) is 1. The Morgan fingerprint density at radius 1 is 1.37 bits per heavy atom. The van der Waals surface area contributed by atoms with E-state index in [2.05, 4.69) is 24.8 Å². The van der Waals surface area contributed by atoms with Crippen LogP contribution in [0.4, 0.5) is 11.4 Å². The molecule has 0 spiro atoms. The summed E-state index contributed by atoms with van der Waals surface area (Å²) in [5.41, 5.74) is 8.75. The van der Waals surface area contributed by atoms with Gasteiger partial charge in [0.05, 0.1) is 17.1 Å². The largest absolute Gasteiger partial charge is 0.426 e. The predicted molar refractivity (Wildman–Crippen MR) is 121 cm³/mol. The molecule has 0 amide bonds. The summed E-state index contributed by atoms with van der Waals surface area (Å²) in [5, 5.41) is 0.465.